The molecule has 3 aliphatic rings. The molecule has 2 aromatic carbocycles. The quantitative estimate of drug-likeness (QED) is 0.352. The maximum absolute atomic E-state index is 13.5. The fourth-order valence-corrected chi connectivity index (χ4v) is 6.86. The summed E-state index contributed by atoms with van der Waals surface area (Å²) in [4.78, 5) is 30.4. The molecule has 3 aliphatic heterocycles. The van der Waals surface area contributed by atoms with Gasteiger partial charge in [0.05, 0.1) is 12.7 Å². The number of hydrogen-bond acceptors (Lipinski definition) is 7. The number of rotatable bonds is 5. The molecule has 0 aliphatic carbocycles. The predicted molar refractivity (Wildman–Crippen MR) is 171 cm³/mol. The Morgan fingerprint density at radius 2 is 1.71 bits per heavy atom. The first-order chi connectivity index (χ1) is 21.3. The molecular weight excluding hydrogens is 572 g/mol. The fourth-order valence-electron chi connectivity index (χ4n) is 6.86. The normalized spacial score (nSPS) is 26.2. The van der Waals surface area contributed by atoms with Gasteiger partial charge in [-0.1, -0.05) is 54.1 Å². The summed E-state index contributed by atoms with van der Waals surface area (Å²) in [6.45, 7) is 13.6. The van der Waals surface area contributed by atoms with Crippen LogP contribution in [-0.2, 0) is 20.8 Å². The third kappa shape index (κ3) is 7.57. The smallest absolute Gasteiger partial charge is 0.410 e. The molecule has 2 aromatic rings. The van der Waals surface area contributed by atoms with Gasteiger partial charge in [-0.05, 0) is 72.4 Å². The van der Waals surface area contributed by atoms with E-state index < -0.39 is 28.8 Å². The highest BCUT2D eigenvalue weighted by molar-refractivity contribution is 5.70. The molecule has 244 valence electrons. The highest BCUT2D eigenvalue weighted by Crippen LogP contribution is 2.56. The summed E-state index contributed by atoms with van der Waals surface area (Å²) in [6.07, 6.45) is 3.21. The van der Waals surface area contributed by atoms with Gasteiger partial charge in [0.15, 0.2) is 11.5 Å². The van der Waals surface area contributed by atoms with Crippen LogP contribution in [0.25, 0.3) is 0 Å². The average Bonchev–Trinajstić information content (AvgIpc) is 3.16. The number of amides is 2. The number of ether oxygens (including phenoxy) is 4. The number of carbonyl (C=O) groups excluding carboxylic acids is 2. The third-order valence-electron chi connectivity index (χ3n) is 9.04. The molecule has 1 N–H and O–H groups in total. The number of phenols is 1. The van der Waals surface area contributed by atoms with E-state index in [9.17, 15) is 14.7 Å². The van der Waals surface area contributed by atoms with Gasteiger partial charge in [-0.25, -0.2) is 9.59 Å². The molecule has 0 aromatic heterocycles. The van der Waals surface area contributed by atoms with Crippen molar-refractivity contribution < 1.29 is 33.6 Å². The lowest BCUT2D eigenvalue weighted by Gasteiger charge is -2.54. The second-order valence-electron chi connectivity index (χ2n) is 14.3. The van der Waals surface area contributed by atoms with Crippen LogP contribution in [0.4, 0.5) is 9.59 Å². The van der Waals surface area contributed by atoms with Gasteiger partial charge >= 0.3 is 12.2 Å². The monoisotopic (exact) mass is 620 g/mol. The Morgan fingerprint density at radius 3 is 2.38 bits per heavy atom. The maximum atomic E-state index is 13.5. The topological polar surface area (TPSA) is 97.8 Å². The van der Waals surface area contributed by atoms with Crippen LogP contribution in [0.3, 0.4) is 0 Å². The lowest BCUT2D eigenvalue weighted by molar-refractivity contribution is -0.175. The number of allylic oxidation sites excluding steroid dienone is 2. The minimum absolute atomic E-state index is 0.0983. The van der Waals surface area contributed by atoms with Crippen LogP contribution in [-0.4, -0.2) is 71.1 Å². The zero-order valence-corrected chi connectivity index (χ0v) is 27.5. The summed E-state index contributed by atoms with van der Waals surface area (Å²) >= 11 is 0. The van der Waals surface area contributed by atoms with Crippen molar-refractivity contribution in [3.8, 4) is 11.5 Å². The number of nitrogens with zero attached hydrogens (tertiary/aromatic N) is 2. The van der Waals surface area contributed by atoms with Gasteiger partial charge in [0.2, 0.25) is 0 Å². The first-order valence-electron chi connectivity index (χ1n) is 16.0. The summed E-state index contributed by atoms with van der Waals surface area (Å²) in [6, 6.07) is 15.0. The van der Waals surface area contributed by atoms with E-state index in [1.54, 1.807) is 15.9 Å². The summed E-state index contributed by atoms with van der Waals surface area (Å²) in [5, 5.41) is 10.8. The molecular formula is C36H48N2O7. The zero-order valence-electron chi connectivity index (χ0n) is 27.5. The summed E-state index contributed by atoms with van der Waals surface area (Å²) in [5.74, 6) is 0.463. The molecule has 1 spiro atoms. The number of para-hydroxylation sites is 1. The van der Waals surface area contributed by atoms with Crippen molar-refractivity contribution in [2.24, 2.45) is 11.3 Å². The van der Waals surface area contributed by atoms with Crippen molar-refractivity contribution in [1.29, 1.82) is 0 Å². The third-order valence-corrected chi connectivity index (χ3v) is 9.04. The van der Waals surface area contributed by atoms with E-state index in [4.69, 9.17) is 18.9 Å². The van der Waals surface area contributed by atoms with E-state index in [1.165, 1.54) is 5.57 Å². The second-order valence-corrected chi connectivity index (χ2v) is 14.3. The van der Waals surface area contributed by atoms with Crippen LogP contribution in [0.1, 0.15) is 78.0 Å². The van der Waals surface area contributed by atoms with Gasteiger partial charge in [0, 0.05) is 43.1 Å². The summed E-state index contributed by atoms with van der Waals surface area (Å²) in [7, 11) is 0. The summed E-state index contributed by atoms with van der Waals surface area (Å²) in [5.41, 5.74) is 1.03. The lowest BCUT2D eigenvalue weighted by Crippen LogP contribution is -2.57. The average molecular weight is 621 g/mol. The molecule has 5 rings (SSSR count). The molecule has 2 saturated heterocycles. The van der Waals surface area contributed by atoms with Gasteiger partial charge in [0.25, 0.3) is 0 Å². The van der Waals surface area contributed by atoms with E-state index in [0.717, 1.165) is 17.5 Å². The van der Waals surface area contributed by atoms with E-state index >= 15 is 0 Å². The van der Waals surface area contributed by atoms with Gasteiger partial charge in [-0.3, -0.25) is 0 Å². The van der Waals surface area contributed by atoms with Crippen molar-refractivity contribution in [3.05, 3.63) is 71.3 Å². The van der Waals surface area contributed by atoms with Crippen molar-refractivity contribution in [2.75, 3.05) is 32.8 Å². The van der Waals surface area contributed by atoms with Crippen molar-refractivity contribution >= 4 is 12.2 Å². The SMILES string of the molecule is CC(C)=CCC[C@]1(C)Oc2c(O)cccc2[C@@H]2OCC3(C[C@H]21)CN(C(=O)OCc1ccccc1)CCN(C(=O)OC(C)(C)C)C3. The molecule has 2 fully saturated rings. The first-order valence-corrected chi connectivity index (χ1v) is 16.0. The molecule has 2 amide bonds. The van der Waals surface area contributed by atoms with Crippen molar-refractivity contribution in [1.82, 2.24) is 9.80 Å². The molecule has 4 atom stereocenters. The van der Waals surface area contributed by atoms with Gasteiger partial charge in [-0.15, -0.1) is 0 Å². The number of benzene rings is 2. The Labute approximate surface area is 267 Å². The fraction of sp³-hybridized carbons (Fsp3) is 0.556. The molecule has 9 heteroatoms. The van der Waals surface area contributed by atoms with Crippen molar-refractivity contribution in [2.45, 2.75) is 84.7 Å². The summed E-state index contributed by atoms with van der Waals surface area (Å²) < 4.78 is 25.0. The number of carbonyl (C=O) groups is 2. The number of phenolic OH excluding ortho intramolecular Hbond substituents is 1. The highest BCUT2D eigenvalue weighted by Gasteiger charge is 2.56. The lowest BCUT2D eigenvalue weighted by atomic mass is 9.65. The first kappa shape index (κ1) is 32.7. The van der Waals surface area contributed by atoms with E-state index in [0.29, 0.717) is 51.4 Å². The van der Waals surface area contributed by atoms with Crippen LogP contribution >= 0.6 is 0 Å². The van der Waals surface area contributed by atoms with Crippen LogP contribution in [0.2, 0.25) is 0 Å². The Bertz CT molecular complexity index is 1400. The molecule has 0 saturated carbocycles. The minimum atomic E-state index is -0.669. The second kappa shape index (κ2) is 12.9. The molecule has 0 bridgehead atoms. The van der Waals surface area contributed by atoms with Crippen LogP contribution in [0.15, 0.2) is 60.2 Å². The number of aromatic hydroxyl groups is 1. The Hall–Kier alpha value is -3.72. The maximum Gasteiger partial charge on any atom is 0.410 e. The van der Waals surface area contributed by atoms with Gasteiger partial charge < -0.3 is 33.9 Å². The molecule has 45 heavy (non-hydrogen) atoms. The number of hydrogen-bond donors (Lipinski definition) is 1. The van der Waals surface area contributed by atoms with E-state index in [1.807, 2.05) is 63.2 Å². The molecule has 3 heterocycles. The van der Waals surface area contributed by atoms with E-state index in [2.05, 4.69) is 26.8 Å². The van der Waals surface area contributed by atoms with E-state index in [-0.39, 0.29) is 24.4 Å². The largest absolute Gasteiger partial charge is 0.504 e. The number of fused-ring (bicyclic) bond motifs is 3. The molecule has 0 radical (unpaired) electrons. The Morgan fingerprint density at radius 1 is 1.02 bits per heavy atom. The minimum Gasteiger partial charge on any atom is -0.504 e. The van der Waals surface area contributed by atoms with Crippen LogP contribution in [0.5, 0.6) is 11.5 Å². The van der Waals surface area contributed by atoms with Gasteiger partial charge in [0.1, 0.15) is 17.8 Å². The highest BCUT2D eigenvalue weighted by atomic mass is 16.6. The van der Waals surface area contributed by atoms with Crippen molar-refractivity contribution in [3.63, 3.8) is 0 Å². The molecule has 9 nitrogen and oxygen atoms in total. The predicted octanol–water partition coefficient (Wildman–Crippen LogP) is 7.24. The zero-order chi connectivity index (χ0) is 32.4. The van der Waals surface area contributed by atoms with Crippen LogP contribution < -0.4 is 4.74 Å². The Balaban J connectivity index is 1.46. The van der Waals surface area contributed by atoms with Crippen LogP contribution in [0, 0.1) is 11.3 Å². The molecule has 1 unspecified atom stereocenters. The standard InChI is InChI=1S/C36H48N2O7/c1-25(2)12-11-17-35(6)28-20-36(24-43-30(28)27-15-10-16-29(39)31(27)44-35)22-37(32(40)42-21-26-13-8-7-9-14-26)18-19-38(23-36)33(41)45-34(3,4)5/h7-10,12-16,28,30,39H,11,17-24H2,1-6H3/t28-,30+,35+,36?/m1/s1. The Kier molecular flexibility index (Phi) is 9.40. The van der Waals surface area contributed by atoms with Gasteiger partial charge in [-0.2, -0.15) is 0 Å².